The molecular formula is C25H20F2N8. The van der Waals surface area contributed by atoms with Crippen LogP contribution in [0.1, 0.15) is 55.4 Å². The molecule has 2 aliphatic rings. The average Bonchev–Trinajstić information content (AvgIpc) is 3.47. The summed E-state index contributed by atoms with van der Waals surface area (Å²) in [6.45, 7) is 4.36. The predicted octanol–water partition coefficient (Wildman–Crippen LogP) is 4.06. The van der Waals surface area contributed by atoms with E-state index in [2.05, 4.69) is 39.1 Å². The van der Waals surface area contributed by atoms with Gasteiger partial charge in [0.25, 0.3) is 5.95 Å². The minimum atomic E-state index is -0.666. The average molecular weight is 470 g/mol. The highest BCUT2D eigenvalue weighted by Gasteiger charge is 2.65. The summed E-state index contributed by atoms with van der Waals surface area (Å²) in [4.78, 5) is 13.3. The van der Waals surface area contributed by atoms with Crippen molar-refractivity contribution in [1.29, 1.82) is 5.26 Å². The summed E-state index contributed by atoms with van der Waals surface area (Å²) in [5, 5.41) is 22.0. The number of benzene rings is 1. The first-order chi connectivity index (χ1) is 16.9. The van der Waals surface area contributed by atoms with Crippen LogP contribution < -0.4 is 0 Å². The van der Waals surface area contributed by atoms with Gasteiger partial charge in [-0.15, -0.1) is 10.2 Å². The van der Waals surface area contributed by atoms with E-state index in [0.717, 1.165) is 29.8 Å². The Labute approximate surface area is 199 Å². The van der Waals surface area contributed by atoms with E-state index < -0.39 is 17.0 Å². The summed E-state index contributed by atoms with van der Waals surface area (Å²) in [6, 6.07) is 9.47. The highest BCUT2D eigenvalue weighted by atomic mass is 19.1. The van der Waals surface area contributed by atoms with E-state index in [0.29, 0.717) is 11.8 Å². The van der Waals surface area contributed by atoms with Crippen molar-refractivity contribution in [2.75, 3.05) is 0 Å². The second-order valence-corrected chi connectivity index (χ2v) is 9.53. The van der Waals surface area contributed by atoms with Gasteiger partial charge in [-0.2, -0.15) is 15.0 Å². The maximum Gasteiger partial charge on any atom is 0.252 e. The van der Waals surface area contributed by atoms with Crippen LogP contribution in [-0.2, 0) is 11.8 Å². The molecule has 0 aliphatic heterocycles. The highest BCUT2D eigenvalue weighted by Crippen LogP contribution is 2.69. The molecule has 8 nitrogen and oxygen atoms in total. The Hall–Kier alpha value is -4.13. The van der Waals surface area contributed by atoms with Gasteiger partial charge in [-0.05, 0) is 54.0 Å². The lowest BCUT2D eigenvalue weighted by Gasteiger charge is -2.37. The van der Waals surface area contributed by atoms with Crippen LogP contribution in [0.5, 0.6) is 0 Å². The van der Waals surface area contributed by atoms with Crippen LogP contribution >= 0.6 is 0 Å². The van der Waals surface area contributed by atoms with Gasteiger partial charge in [0.15, 0.2) is 5.82 Å². The molecule has 1 saturated carbocycles. The van der Waals surface area contributed by atoms with Gasteiger partial charge in [0, 0.05) is 6.20 Å². The third-order valence-corrected chi connectivity index (χ3v) is 7.66. The van der Waals surface area contributed by atoms with Crippen molar-refractivity contribution in [2.45, 2.75) is 44.4 Å². The molecule has 1 fully saturated rings. The lowest BCUT2D eigenvalue weighted by molar-refractivity contribution is 0.242. The Bertz CT molecular complexity index is 1500. The van der Waals surface area contributed by atoms with Crippen molar-refractivity contribution in [1.82, 2.24) is 34.9 Å². The quantitative estimate of drug-likeness (QED) is 0.443. The molecule has 0 amide bonds. The van der Waals surface area contributed by atoms with Gasteiger partial charge in [-0.3, -0.25) is 0 Å². The second kappa shape index (κ2) is 7.43. The molecule has 0 saturated heterocycles. The Kier molecular flexibility index (Phi) is 4.55. The van der Waals surface area contributed by atoms with Crippen LogP contribution in [0.4, 0.5) is 8.78 Å². The zero-order chi connectivity index (χ0) is 24.4. The van der Waals surface area contributed by atoms with Crippen molar-refractivity contribution in [3.05, 3.63) is 77.3 Å². The fourth-order valence-corrected chi connectivity index (χ4v) is 6.00. The highest BCUT2D eigenvalue weighted by molar-refractivity contribution is 5.64. The van der Waals surface area contributed by atoms with Crippen molar-refractivity contribution < 1.29 is 8.78 Å². The van der Waals surface area contributed by atoms with Gasteiger partial charge >= 0.3 is 0 Å². The molecule has 10 heteroatoms. The molecule has 0 N–H and O–H groups in total. The Morgan fingerprint density at radius 1 is 1.14 bits per heavy atom. The number of fused-ring (bicyclic) bond motifs is 5. The summed E-state index contributed by atoms with van der Waals surface area (Å²) < 4.78 is 30.4. The van der Waals surface area contributed by atoms with E-state index in [-0.39, 0.29) is 29.0 Å². The third kappa shape index (κ3) is 2.87. The van der Waals surface area contributed by atoms with Crippen molar-refractivity contribution >= 4 is 0 Å². The minimum Gasteiger partial charge on any atom is -0.220 e. The normalized spacial score (nSPS) is 21.6. The van der Waals surface area contributed by atoms with E-state index >= 15 is 0 Å². The number of aromatic nitrogens is 7. The lowest BCUT2D eigenvalue weighted by Crippen LogP contribution is -2.38. The summed E-state index contributed by atoms with van der Waals surface area (Å²) >= 11 is 0. The smallest absolute Gasteiger partial charge is 0.220 e. The van der Waals surface area contributed by atoms with Crippen LogP contribution in [-0.4, -0.2) is 34.9 Å². The number of hydrogen-bond donors (Lipinski definition) is 0. The van der Waals surface area contributed by atoms with E-state index in [1.54, 1.807) is 12.3 Å². The standard InChI is InChI=1S/C25H20F2N8/c1-24(2)15-6-9-25(24,19-8-11-29-23(31-19)35-13-30-20(34-35)7-10-28)22-14(15)12-18(32-33-22)21-16(26)4-3-5-17(21)27/h3-5,8,11-13,15H,6-7,9H2,1-2H3/t15-,25-/m0/s1. The van der Waals surface area contributed by atoms with Gasteiger partial charge in [0.05, 0.1) is 40.6 Å². The number of halogens is 2. The molecule has 4 aromatic rings. The molecule has 2 bridgehead atoms. The fraction of sp³-hybridized carbons (Fsp3) is 0.320. The Morgan fingerprint density at radius 3 is 2.71 bits per heavy atom. The molecule has 3 heterocycles. The molecule has 1 aromatic carbocycles. The summed E-state index contributed by atoms with van der Waals surface area (Å²) in [5.41, 5.74) is 1.73. The number of nitrogens with zero attached hydrogens (tertiary/aromatic N) is 8. The van der Waals surface area contributed by atoms with E-state index in [1.165, 1.54) is 29.2 Å². The van der Waals surface area contributed by atoms with Crippen molar-refractivity contribution in [3.8, 4) is 23.3 Å². The molecule has 174 valence electrons. The molecule has 6 rings (SSSR count). The zero-order valence-electron chi connectivity index (χ0n) is 19.1. The zero-order valence-corrected chi connectivity index (χ0v) is 19.1. The molecule has 2 atom stereocenters. The maximum absolute atomic E-state index is 14.5. The first kappa shape index (κ1) is 21.4. The van der Waals surface area contributed by atoms with Crippen LogP contribution in [0.25, 0.3) is 17.2 Å². The molecule has 0 unspecified atom stereocenters. The van der Waals surface area contributed by atoms with E-state index in [1.807, 2.05) is 12.1 Å². The van der Waals surface area contributed by atoms with Gasteiger partial charge in [-0.25, -0.2) is 23.7 Å². The predicted molar refractivity (Wildman–Crippen MR) is 120 cm³/mol. The second-order valence-electron chi connectivity index (χ2n) is 9.53. The van der Waals surface area contributed by atoms with Crippen LogP contribution in [0.2, 0.25) is 0 Å². The van der Waals surface area contributed by atoms with Crippen LogP contribution in [0.15, 0.2) is 42.9 Å². The Morgan fingerprint density at radius 2 is 1.94 bits per heavy atom. The molecule has 2 aliphatic carbocycles. The molecule has 0 spiro atoms. The van der Waals surface area contributed by atoms with Crippen LogP contribution in [0, 0.1) is 28.4 Å². The minimum absolute atomic E-state index is 0.0965. The number of rotatable bonds is 4. The van der Waals surface area contributed by atoms with Gasteiger partial charge in [-0.1, -0.05) is 19.9 Å². The molecule has 35 heavy (non-hydrogen) atoms. The summed E-state index contributed by atoms with van der Waals surface area (Å²) in [7, 11) is 0. The first-order valence-electron chi connectivity index (χ1n) is 11.3. The molecule has 3 aromatic heterocycles. The van der Waals surface area contributed by atoms with Crippen molar-refractivity contribution in [3.63, 3.8) is 0 Å². The number of hydrogen-bond acceptors (Lipinski definition) is 7. The van der Waals surface area contributed by atoms with E-state index in [4.69, 9.17) is 10.2 Å². The van der Waals surface area contributed by atoms with Crippen LogP contribution in [0.3, 0.4) is 0 Å². The van der Waals surface area contributed by atoms with Gasteiger partial charge < -0.3 is 0 Å². The number of nitriles is 1. The monoisotopic (exact) mass is 470 g/mol. The van der Waals surface area contributed by atoms with Crippen molar-refractivity contribution in [2.24, 2.45) is 5.41 Å². The third-order valence-electron chi connectivity index (χ3n) is 7.66. The summed E-state index contributed by atoms with van der Waals surface area (Å²) in [5.74, 6) is -0.459. The topological polar surface area (TPSA) is 106 Å². The molecular weight excluding hydrogens is 450 g/mol. The fourth-order valence-electron chi connectivity index (χ4n) is 6.00. The largest absolute Gasteiger partial charge is 0.252 e. The lowest BCUT2D eigenvalue weighted by atomic mass is 9.66. The molecule has 0 radical (unpaired) electrons. The van der Waals surface area contributed by atoms with E-state index in [9.17, 15) is 8.78 Å². The Balaban J connectivity index is 1.49. The van der Waals surface area contributed by atoms with Gasteiger partial charge in [0.1, 0.15) is 18.0 Å². The first-order valence-corrected chi connectivity index (χ1v) is 11.3. The summed E-state index contributed by atoms with van der Waals surface area (Å²) in [6.07, 6.45) is 4.96. The van der Waals surface area contributed by atoms with Gasteiger partial charge in [0.2, 0.25) is 0 Å². The SMILES string of the molecule is CC1(C)[C@H]2CC[C@]1(c1ccnc(-n3cnc(CC#N)n3)n1)c1nnc(-c3c(F)cccc3F)cc12. The maximum atomic E-state index is 14.5.